The average Bonchev–Trinajstić information content (AvgIpc) is 2.76. The molecule has 0 aliphatic carbocycles. The minimum absolute atomic E-state index is 0.220. The normalized spacial score (nSPS) is 15.0. The van der Waals surface area contributed by atoms with Crippen LogP contribution in [0.4, 0.5) is 0 Å². The van der Waals surface area contributed by atoms with Crippen LogP contribution in [-0.2, 0) is 0 Å². The Morgan fingerprint density at radius 2 is 0.786 bits per heavy atom. The minimum atomic E-state index is -0.336. The lowest BCUT2D eigenvalue weighted by Gasteiger charge is -2.17. The van der Waals surface area contributed by atoms with Crippen LogP contribution in [-0.4, -0.2) is 90.6 Å². The van der Waals surface area contributed by atoms with Gasteiger partial charge in [-0.15, -0.1) is 0 Å². The van der Waals surface area contributed by atoms with Crippen molar-refractivity contribution in [2.24, 2.45) is 0 Å². The molecule has 0 aromatic heterocycles. The molecule has 0 amide bonds. The fourth-order valence-corrected chi connectivity index (χ4v) is 4.34. The van der Waals surface area contributed by atoms with Crippen molar-refractivity contribution in [3.63, 3.8) is 0 Å². The topological polar surface area (TPSA) is 101 Å². The number of rotatable bonds is 14. The van der Waals surface area contributed by atoms with Crippen LogP contribution in [0.3, 0.4) is 0 Å². The van der Waals surface area contributed by atoms with Crippen molar-refractivity contribution in [3.05, 3.63) is 0 Å². The Bertz CT molecular complexity index is 229. The van der Waals surface area contributed by atoms with Crippen molar-refractivity contribution in [2.75, 3.05) is 37.9 Å². The van der Waals surface area contributed by atoms with E-state index in [1.54, 1.807) is 23.5 Å². The maximum atomic E-state index is 8.86. The molecule has 28 heavy (non-hydrogen) atoms. The third-order valence-corrected chi connectivity index (χ3v) is 8.14. The maximum Gasteiger partial charge on any atom is 0.0715 e. The van der Waals surface area contributed by atoms with E-state index >= 15 is 0 Å². The van der Waals surface area contributed by atoms with Gasteiger partial charge >= 0.3 is 0 Å². The molecule has 0 spiro atoms. The molecule has 9 heteroatoms. The van der Waals surface area contributed by atoms with Crippen LogP contribution in [0.1, 0.15) is 53.4 Å². The molecule has 0 radical (unpaired) electrons. The summed E-state index contributed by atoms with van der Waals surface area (Å²) in [6, 6.07) is 0. The van der Waals surface area contributed by atoms with Crippen molar-refractivity contribution >= 4 is 48.8 Å². The summed E-state index contributed by atoms with van der Waals surface area (Å²) >= 11 is 11.0. The SMILES string of the molecule is CCC(CO)SC(CC)CO.CCC(CO)SC(CC)CO.OC(CS)CS. The second-order valence-electron chi connectivity index (χ2n) is 6.14. The third kappa shape index (κ3) is 21.9. The highest BCUT2D eigenvalue weighted by atomic mass is 32.2. The van der Waals surface area contributed by atoms with Gasteiger partial charge < -0.3 is 25.5 Å². The fourth-order valence-electron chi connectivity index (χ4n) is 1.68. The smallest absolute Gasteiger partial charge is 0.0715 e. The Morgan fingerprint density at radius 1 is 0.571 bits per heavy atom. The van der Waals surface area contributed by atoms with E-state index in [1.165, 1.54) is 0 Å². The van der Waals surface area contributed by atoms with Gasteiger partial charge in [0, 0.05) is 32.5 Å². The molecule has 4 atom stereocenters. The van der Waals surface area contributed by atoms with E-state index in [-0.39, 0.29) is 32.5 Å². The van der Waals surface area contributed by atoms with Crippen LogP contribution in [0.2, 0.25) is 0 Å². The van der Waals surface area contributed by atoms with Crippen LogP contribution >= 0.6 is 48.8 Å². The van der Waals surface area contributed by atoms with E-state index in [4.69, 9.17) is 25.5 Å². The van der Waals surface area contributed by atoms with E-state index in [2.05, 4.69) is 53.0 Å². The van der Waals surface area contributed by atoms with E-state index in [0.717, 1.165) is 25.7 Å². The van der Waals surface area contributed by atoms with Gasteiger partial charge in [0.1, 0.15) is 0 Å². The van der Waals surface area contributed by atoms with Gasteiger partial charge in [-0.2, -0.15) is 48.8 Å². The molecule has 0 heterocycles. The largest absolute Gasteiger partial charge is 0.395 e. The number of thiol groups is 2. The van der Waals surface area contributed by atoms with Crippen molar-refractivity contribution < 1.29 is 25.5 Å². The van der Waals surface area contributed by atoms with Crippen molar-refractivity contribution in [2.45, 2.75) is 80.5 Å². The number of aliphatic hydroxyl groups is 5. The molecule has 0 saturated heterocycles. The van der Waals surface area contributed by atoms with Crippen molar-refractivity contribution in [3.8, 4) is 0 Å². The van der Waals surface area contributed by atoms with Gasteiger partial charge in [-0.3, -0.25) is 0 Å². The molecule has 5 N–H and O–H groups in total. The van der Waals surface area contributed by atoms with Crippen molar-refractivity contribution in [1.29, 1.82) is 0 Å². The quantitative estimate of drug-likeness (QED) is 0.192. The zero-order chi connectivity index (χ0) is 22.4. The number of hydrogen-bond acceptors (Lipinski definition) is 9. The highest BCUT2D eigenvalue weighted by Crippen LogP contribution is 2.22. The lowest BCUT2D eigenvalue weighted by molar-refractivity contribution is 0.226. The zero-order valence-electron chi connectivity index (χ0n) is 17.9. The molecule has 0 aromatic rings. The third-order valence-electron chi connectivity index (χ3n) is 3.83. The summed E-state index contributed by atoms with van der Waals surface area (Å²) in [5.41, 5.74) is 0. The molecule has 0 aliphatic rings. The van der Waals surface area contributed by atoms with Crippen LogP contribution in [0.25, 0.3) is 0 Å². The summed E-state index contributed by atoms with van der Waals surface area (Å²) in [6.45, 7) is 9.09. The molecule has 0 bridgehead atoms. The Balaban J connectivity index is -0.000000351. The molecule has 0 aliphatic heterocycles. The predicted octanol–water partition coefficient (Wildman–Crippen LogP) is 2.73. The lowest BCUT2D eigenvalue weighted by Crippen LogP contribution is -2.16. The summed E-state index contributed by atoms with van der Waals surface area (Å²) in [4.78, 5) is 0. The summed E-state index contributed by atoms with van der Waals surface area (Å²) in [7, 11) is 0. The molecule has 174 valence electrons. The molecule has 0 aromatic carbocycles. The molecule has 0 rings (SSSR count). The zero-order valence-corrected chi connectivity index (χ0v) is 21.3. The molecular weight excluding hydrogens is 436 g/mol. The van der Waals surface area contributed by atoms with Gasteiger partial charge in [-0.05, 0) is 25.7 Å². The van der Waals surface area contributed by atoms with Gasteiger partial charge in [-0.1, -0.05) is 27.7 Å². The first kappa shape index (κ1) is 33.8. The Morgan fingerprint density at radius 3 is 0.857 bits per heavy atom. The van der Waals surface area contributed by atoms with Crippen LogP contribution < -0.4 is 0 Å². The van der Waals surface area contributed by atoms with E-state index in [9.17, 15) is 0 Å². The van der Waals surface area contributed by atoms with Gasteiger partial charge in [0.15, 0.2) is 0 Å². The van der Waals surface area contributed by atoms with Crippen LogP contribution in [0.5, 0.6) is 0 Å². The molecule has 0 saturated carbocycles. The lowest BCUT2D eigenvalue weighted by atomic mass is 10.3. The first-order valence-electron chi connectivity index (χ1n) is 10.0. The molecular formula is C19H44O5S4. The molecule has 4 unspecified atom stereocenters. The molecule has 0 fully saturated rings. The Labute approximate surface area is 192 Å². The summed E-state index contributed by atoms with van der Waals surface area (Å²) in [6.07, 6.45) is 3.54. The van der Waals surface area contributed by atoms with E-state index < -0.39 is 0 Å². The predicted molar refractivity (Wildman–Crippen MR) is 134 cm³/mol. The highest BCUT2D eigenvalue weighted by Gasteiger charge is 2.12. The average molecular weight is 481 g/mol. The van der Waals surface area contributed by atoms with Gasteiger partial charge in [-0.25, -0.2) is 0 Å². The minimum Gasteiger partial charge on any atom is -0.395 e. The Hall–Kier alpha value is 1.20. The second-order valence-corrected chi connectivity index (χ2v) is 10.1. The monoisotopic (exact) mass is 480 g/mol. The van der Waals surface area contributed by atoms with Crippen LogP contribution in [0, 0.1) is 0 Å². The highest BCUT2D eigenvalue weighted by molar-refractivity contribution is 8.00. The maximum absolute atomic E-state index is 8.86. The van der Waals surface area contributed by atoms with E-state index in [1.807, 2.05) is 0 Å². The van der Waals surface area contributed by atoms with Crippen LogP contribution in [0.15, 0.2) is 0 Å². The van der Waals surface area contributed by atoms with Gasteiger partial charge in [0.2, 0.25) is 0 Å². The first-order chi connectivity index (χ1) is 13.4. The number of aliphatic hydroxyl groups excluding tert-OH is 5. The summed E-state index contributed by atoms with van der Waals surface area (Å²) in [5, 5.41) is 45.2. The summed E-state index contributed by atoms with van der Waals surface area (Å²) in [5.74, 6) is 1.01. The summed E-state index contributed by atoms with van der Waals surface area (Å²) < 4.78 is 0. The first-order valence-corrected chi connectivity index (χ1v) is 13.2. The Kier molecular flexibility index (Phi) is 31.7. The standard InChI is InChI=1S/2C8H18O2S.C3H8OS2/c2*1-3-7(5-9)11-8(4-2)6-10;4-3(1-5)2-6/h2*7-10H,3-6H2,1-2H3;3-6H,1-2H2. The van der Waals surface area contributed by atoms with Gasteiger partial charge in [0.05, 0.1) is 32.5 Å². The van der Waals surface area contributed by atoms with E-state index in [0.29, 0.717) is 32.5 Å². The number of thioether (sulfide) groups is 2. The fraction of sp³-hybridized carbons (Fsp3) is 1.00. The molecule has 5 nitrogen and oxygen atoms in total. The van der Waals surface area contributed by atoms with Gasteiger partial charge in [0.25, 0.3) is 0 Å². The second kappa shape index (κ2) is 26.2. The van der Waals surface area contributed by atoms with Crippen molar-refractivity contribution in [1.82, 2.24) is 0 Å². The number of hydrogen-bond donors (Lipinski definition) is 7.